The van der Waals surface area contributed by atoms with E-state index in [1.807, 2.05) is 0 Å². The molecular formula is C19H21ClFN5O. The Kier molecular flexibility index (Phi) is 6.03. The molecule has 0 radical (unpaired) electrons. The van der Waals surface area contributed by atoms with Gasteiger partial charge >= 0.3 is 0 Å². The minimum Gasteiger partial charge on any atom is -0.489 e. The van der Waals surface area contributed by atoms with Gasteiger partial charge in [0.15, 0.2) is 5.75 Å². The van der Waals surface area contributed by atoms with Gasteiger partial charge in [-0.3, -0.25) is 0 Å². The molecule has 1 fully saturated rings. The van der Waals surface area contributed by atoms with Crippen LogP contribution in [0.1, 0.15) is 19.3 Å². The maximum atomic E-state index is 14.0. The lowest BCUT2D eigenvalue weighted by Gasteiger charge is -2.13. The number of hydrogen-bond donors (Lipinski definition) is 1. The van der Waals surface area contributed by atoms with Crippen molar-refractivity contribution in [2.75, 3.05) is 6.61 Å². The third-order valence-corrected chi connectivity index (χ3v) is 4.69. The van der Waals surface area contributed by atoms with Gasteiger partial charge in [0, 0.05) is 17.8 Å². The van der Waals surface area contributed by atoms with Crippen LogP contribution in [0.3, 0.4) is 0 Å². The number of nitrogens with zero attached hydrogens (tertiary/aromatic N) is 4. The lowest BCUT2D eigenvalue weighted by molar-refractivity contribution is 0.250. The molecule has 0 amide bonds. The first-order valence-corrected chi connectivity index (χ1v) is 8.69. The van der Waals surface area contributed by atoms with Crippen LogP contribution in [-0.2, 0) is 0 Å². The molecule has 1 saturated carbocycles. The van der Waals surface area contributed by atoms with Crippen LogP contribution in [0.4, 0.5) is 4.39 Å². The fraction of sp³-hybridized carbons (Fsp3) is 0.316. The highest BCUT2D eigenvalue weighted by Crippen LogP contribution is 2.30. The summed E-state index contributed by atoms with van der Waals surface area (Å²) in [6.07, 6.45) is 9.60. The summed E-state index contributed by atoms with van der Waals surface area (Å²) in [6, 6.07) is 6.77. The molecule has 0 unspecified atom stereocenters. The van der Waals surface area contributed by atoms with E-state index in [1.165, 1.54) is 17.1 Å². The number of hydrogen-bond acceptors (Lipinski definition) is 5. The Balaban J connectivity index is 0.00000210. The third kappa shape index (κ3) is 4.26. The van der Waals surface area contributed by atoms with Gasteiger partial charge in [-0.1, -0.05) is 12.1 Å². The number of halogens is 2. The summed E-state index contributed by atoms with van der Waals surface area (Å²) >= 11 is 0. The van der Waals surface area contributed by atoms with Crippen LogP contribution in [-0.4, -0.2) is 32.4 Å². The minimum absolute atomic E-state index is 0. The molecule has 6 nitrogen and oxygen atoms in total. The van der Waals surface area contributed by atoms with Gasteiger partial charge in [-0.25, -0.2) is 19.0 Å². The highest BCUT2D eigenvalue weighted by molar-refractivity contribution is 5.85. The van der Waals surface area contributed by atoms with Crippen molar-refractivity contribution < 1.29 is 9.13 Å². The zero-order chi connectivity index (χ0) is 17.9. The van der Waals surface area contributed by atoms with Crippen molar-refractivity contribution in [1.29, 1.82) is 0 Å². The lowest BCUT2D eigenvalue weighted by Crippen LogP contribution is -2.17. The number of benzene rings is 1. The van der Waals surface area contributed by atoms with Crippen molar-refractivity contribution in [3.8, 4) is 22.7 Å². The van der Waals surface area contributed by atoms with Gasteiger partial charge in [0.25, 0.3) is 0 Å². The predicted molar refractivity (Wildman–Crippen MR) is 103 cm³/mol. The van der Waals surface area contributed by atoms with E-state index in [4.69, 9.17) is 10.5 Å². The van der Waals surface area contributed by atoms with E-state index >= 15 is 0 Å². The Morgan fingerprint density at radius 3 is 2.85 bits per heavy atom. The molecule has 0 spiro atoms. The van der Waals surface area contributed by atoms with Crippen molar-refractivity contribution in [1.82, 2.24) is 19.7 Å². The Hall–Kier alpha value is -2.51. The highest BCUT2D eigenvalue weighted by Gasteiger charge is 2.23. The molecule has 2 heterocycles. The molecule has 1 aliphatic rings. The quantitative estimate of drug-likeness (QED) is 0.723. The number of para-hydroxylation sites is 1. The normalized spacial score (nSPS) is 18.9. The zero-order valence-electron chi connectivity index (χ0n) is 14.7. The molecule has 27 heavy (non-hydrogen) atoms. The van der Waals surface area contributed by atoms with Crippen molar-refractivity contribution >= 4 is 12.4 Å². The Morgan fingerprint density at radius 2 is 2.07 bits per heavy atom. The highest BCUT2D eigenvalue weighted by atomic mass is 35.5. The molecule has 2 atom stereocenters. The third-order valence-electron chi connectivity index (χ3n) is 4.69. The molecule has 142 valence electrons. The largest absolute Gasteiger partial charge is 0.489 e. The average Bonchev–Trinajstić information content (AvgIpc) is 3.30. The molecule has 0 saturated heterocycles. The molecule has 1 aliphatic carbocycles. The summed E-state index contributed by atoms with van der Waals surface area (Å²) in [5.41, 5.74) is 7.74. The van der Waals surface area contributed by atoms with Crippen LogP contribution in [0.25, 0.3) is 16.9 Å². The Morgan fingerprint density at radius 1 is 1.22 bits per heavy atom. The molecule has 2 aromatic heterocycles. The summed E-state index contributed by atoms with van der Waals surface area (Å²) in [5.74, 6) is 0.721. The molecule has 0 bridgehead atoms. The van der Waals surface area contributed by atoms with Crippen molar-refractivity contribution in [3.63, 3.8) is 0 Å². The summed E-state index contributed by atoms with van der Waals surface area (Å²) in [5, 5.41) is 4.26. The molecule has 0 aliphatic heterocycles. The van der Waals surface area contributed by atoms with Gasteiger partial charge in [-0.2, -0.15) is 5.10 Å². The van der Waals surface area contributed by atoms with Gasteiger partial charge < -0.3 is 10.5 Å². The standard InChI is InChI=1S/C19H20FN5O.ClH/c20-16-3-1-2-4-17(16)25-10-14(8-24-25)19-18(9-22-12-23-19)26-11-13-5-6-15(21)7-13;/h1-4,8-10,12-13,15H,5-7,11,21H2;1H/t13-,15+;/m0./s1. The monoisotopic (exact) mass is 389 g/mol. The fourth-order valence-electron chi connectivity index (χ4n) is 3.33. The van der Waals surface area contributed by atoms with E-state index in [-0.39, 0.29) is 24.3 Å². The second-order valence-corrected chi connectivity index (χ2v) is 6.61. The summed E-state index contributed by atoms with van der Waals surface area (Å²) in [4.78, 5) is 8.39. The second kappa shape index (κ2) is 8.45. The summed E-state index contributed by atoms with van der Waals surface area (Å²) < 4.78 is 21.4. The van der Waals surface area contributed by atoms with E-state index in [0.29, 0.717) is 29.7 Å². The second-order valence-electron chi connectivity index (χ2n) is 6.61. The maximum absolute atomic E-state index is 14.0. The van der Waals surface area contributed by atoms with Gasteiger partial charge in [0.05, 0.1) is 19.0 Å². The van der Waals surface area contributed by atoms with Crippen LogP contribution in [0.15, 0.2) is 49.2 Å². The van der Waals surface area contributed by atoms with E-state index < -0.39 is 0 Å². The number of rotatable bonds is 5. The molecular weight excluding hydrogens is 369 g/mol. The predicted octanol–water partition coefficient (Wildman–Crippen LogP) is 3.40. The Labute approximate surface area is 163 Å². The lowest BCUT2D eigenvalue weighted by atomic mass is 10.1. The van der Waals surface area contributed by atoms with Crippen molar-refractivity contribution in [2.45, 2.75) is 25.3 Å². The molecule has 3 aromatic rings. The van der Waals surface area contributed by atoms with Gasteiger partial charge in [0.1, 0.15) is 23.5 Å². The van der Waals surface area contributed by atoms with Gasteiger partial charge in [-0.05, 0) is 37.3 Å². The smallest absolute Gasteiger partial charge is 0.163 e. The average molecular weight is 390 g/mol. The van der Waals surface area contributed by atoms with Crippen LogP contribution >= 0.6 is 12.4 Å². The maximum Gasteiger partial charge on any atom is 0.163 e. The van der Waals surface area contributed by atoms with Crippen molar-refractivity contribution in [2.24, 2.45) is 11.7 Å². The van der Waals surface area contributed by atoms with Crippen molar-refractivity contribution in [3.05, 3.63) is 55.0 Å². The molecule has 4 rings (SSSR count). The molecule has 8 heteroatoms. The molecule has 2 N–H and O–H groups in total. The minimum atomic E-state index is -0.334. The van der Waals surface area contributed by atoms with Crippen LogP contribution in [0, 0.1) is 11.7 Å². The zero-order valence-corrected chi connectivity index (χ0v) is 15.5. The van der Waals surface area contributed by atoms with Crippen LogP contribution in [0.2, 0.25) is 0 Å². The van der Waals surface area contributed by atoms with E-state index in [0.717, 1.165) is 24.8 Å². The van der Waals surface area contributed by atoms with Crippen LogP contribution < -0.4 is 10.5 Å². The van der Waals surface area contributed by atoms with E-state index in [9.17, 15) is 4.39 Å². The SMILES string of the molecule is Cl.N[C@@H]1CC[C@H](COc2cncnc2-c2cnn(-c3ccccc3F)c2)C1. The Bertz CT molecular complexity index is 903. The van der Waals surface area contributed by atoms with Crippen LogP contribution in [0.5, 0.6) is 5.75 Å². The van der Waals surface area contributed by atoms with E-state index in [1.54, 1.807) is 36.8 Å². The first-order valence-electron chi connectivity index (χ1n) is 8.69. The summed E-state index contributed by atoms with van der Waals surface area (Å²) in [7, 11) is 0. The first-order chi connectivity index (χ1) is 12.7. The van der Waals surface area contributed by atoms with Gasteiger partial charge in [0.2, 0.25) is 0 Å². The summed E-state index contributed by atoms with van der Waals surface area (Å²) in [6.45, 7) is 0.593. The first kappa shape index (κ1) is 19.3. The van der Waals surface area contributed by atoms with Gasteiger partial charge in [-0.15, -0.1) is 12.4 Å². The topological polar surface area (TPSA) is 78.8 Å². The fourth-order valence-corrected chi connectivity index (χ4v) is 3.33. The number of nitrogens with two attached hydrogens (primary N) is 1. The molecule has 1 aromatic carbocycles. The number of aromatic nitrogens is 4. The number of ether oxygens (including phenoxy) is 1. The van der Waals surface area contributed by atoms with E-state index in [2.05, 4.69) is 15.1 Å².